The van der Waals surface area contributed by atoms with E-state index in [1.165, 1.54) is 0 Å². The Labute approximate surface area is 167 Å². The lowest BCUT2D eigenvalue weighted by molar-refractivity contribution is -0.131. The van der Waals surface area contributed by atoms with E-state index in [-0.39, 0.29) is 18.4 Å². The van der Waals surface area contributed by atoms with E-state index < -0.39 is 10.0 Å². The minimum absolute atomic E-state index is 0.0265. The van der Waals surface area contributed by atoms with Crippen molar-refractivity contribution in [1.29, 1.82) is 0 Å². The Morgan fingerprint density at radius 3 is 2.21 bits per heavy atom. The number of para-hydroxylation sites is 1. The summed E-state index contributed by atoms with van der Waals surface area (Å²) in [6, 6.07) is 12.7. The van der Waals surface area contributed by atoms with Gasteiger partial charge in [0.1, 0.15) is 12.4 Å². The first-order valence-corrected chi connectivity index (χ1v) is 11.0. The molecule has 0 fully saturated rings. The third-order valence-corrected chi connectivity index (χ3v) is 5.15. The second-order valence-corrected chi connectivity index (χ2v) is 8.88. The fourth-order valence-corrected chi connectivity index (χ4v) is 3.36. The number of hydrogen-bond donors (Lipinski definition) is 1. The topological polar surface area (TPSA) is 75.7 Å². The zero-order valence-corrected chi connectivity index (χ0v) is 17.8. The molecule has 2 rings (SSSR count). The number of amides is 1. The molecule has 1 atom stereocenters. The first-order valence-electron chi connectivity index (χ1n) is 9.08. The fourth-order valence-electron chi connectivity index (χ4n) is 2.79. The fraction of sp³-hybridized carbons (Fsp3) is 0.381. The SMILES string of the molecule is Cc1cccc(C)c1OCC(C)N(C)C(=O)Cc1ccc(NS(C)(=O)=O)cc1. The first kappa shape index (κ1) is 21.8. The maximum absolute atomic E-state index is 12.6. The Balaban J connectivity index is 1.92. The lowest BCUT2D eigenvalue weighted by Gasteiger charge is -2.26. The summed E-state index contributed by atoms with van der Waals surface area (Å²) in [5, 5.41) is 0. The van der Waals surface area contributed by atoms with Gasteiger partial charge in [-0.1, -0.05) is 30.3 Å². The van der Waals surface area contributed by atoms with Gasteiger partial charge in [0.15, 0.2) is 0 Å². The van der Waals surface area contributed by atoms with E-state index in [4.69, 9.17) is 4.74 Å². The highest BCUT2D eigenvalue weighted by Crippen LogP contribution is 2.22. The number of carbonyl (C=O) groups is 1. The van der Waals surface area contributed by atoms with Crippen LogP contribution in [0.4, 0.5) is 5.69 Å². The number of carbonyl (C=O) groups excluding carboxylic acids is 1. The van der Waals surface area contributed by atoms with Crippen molar-refractivity contribution in [2.45, 2.75) is 33.2 Å². The third-order valence-electron chi connectivity index (χ3n) is 4.54. The van der Waals surface area contributed by atoms with Crippen LogP contribution in [0.15, 0.2) is 42.5 Å². The van der Waals surface area contributed by atoms with E-state index in [0.717, 1.165) is 28.7 Å². The molecular formula is C21H28N2O4S. The molecule has 0 saturated carbocycles. The molecule has 0 heterocycles. The highest BCUT2D eigenvalue weighted by Gasteiger charge is 2.17. The molecule has 0 radical (unpaired) electrons. The minimum atomic E-state index is -3.31. The molecule has 1 N–H and O–H groups in total. The van der Waals surface area contributed by atoms with E-state index in [0.29, 0.717) is 12.3 Å². The van der Waals surface area contributed by atoms with Crippen LogP contribution < -0.4 is 9.46 Å². The second-order valence-electron chi connectivity index (χ2n) is 7.13. The van der Waals surface area contributed by atoms with Gasteiger partial charge in [-0.15, -0.1) is 0 Å². The maximum atomic E-state index is 12.6. The number of likely N-dealkylation sites (N-methyl/N-ethyl adjacent to an activating group) is 1. The molecule has 1 unspecified atom stereocenters. The summed E-state index contributed by atoms with van der Waals surface area (Å²) in [5.74, 6) is 0.839. The van der Waals surface area contributed by atoms with Gasteiger partial charge in [-0.3, -0.25) is 9.52 Å². The third kappa shape index (κ3) is 6.27. The summed E-state index contributed by atoms with van der Waals surface area (Å²) in [4.78, 5) is 14.2. The van der Waals surface area contributed by atoms with Crippen molar-refractivity contribution in [2.24, 2.45) is 0 Å². The minimum Gasteiger partial charge on any atom is -0.491 e. The largest absolute Gasteiger partial charge is 0.491 e. The molecule has 0 saturated heterocycles. The number of hydrogen-bond acceptors (Lipinski definition) is 4. The van der Waals surface area contributed by atoms with Crippen molar-refractivity contribution >= 4 is 21.6 Å². The van der Waals surface area contributed by atoms with Crippen LogP contribution in [0.2, 0.25) is 0 Å². The van der Waals surface area contributed by atoms with Crippen molar-refractivity contribution < 1.29 is 17.9 Å². The highest BCUT2D eigenvalue weighted by atomic mass is 32.2. The Morgan fingerprint density at radius 2 is 1.68 bits per heavy atom. The van der Waals surface area contributed by atoms with Gasteiger partial charge in [0.2, 0.25) is 15.9 Å². The van der Waals surface area contributed by atoms with Crippen LogP contribution in [0.1, 0.15) is 23.6 Å². The number of sulfonamides is 1. The molecule has 7 heteroatoms. The first-order chi connectivity index (χ1) is 13.1. The van der Waals surface area contributed by atoms with Crippen LogP contribution in [0.25, 0.3) is 0 Å². The molecule has 0 aliphatic carbocycles. The average Bonchev–Trinajstić information content (AvgIpc) is 2.60. The summed E-state index contributed by atoms with van der Waals surface area (Å²) in [6.45, 7) is 6.37. The monoisotopic (exact) mass is 404 g/mol. The highest BCUT2D eigenvalue weighted by molar-refractivity contribution is 7.92. The van der Waals surface area contributed by atoms with Gasteiger partial charge in [-0.2, -0.15) is 0 Å². The summed E-state index contributed by atoms with van der Waals surface area (Å²) in [6.07, 6.45) is 1.34. The number of benzene rings is 2. The maximum Gasteiger partial charge on any atom is 0.229 e. The Hall–Kier alpha value is -2.54. The molecule has 28 heavy (non-hydrogen) atoms. The van der Waals surface area contributed by atoms with Crippen LogP contribution in [-0.4, -0.2) is 45.2 Å². The summed E-state index contributed by atoms with van der Waals surface area (Å²) in [5.41, 5.74) is 3.44. The molecule has 2 aromatic rings. The molecule has 0 bridgehead atoms. The Bertz CT molecular complexity index is 904. The Morgan fingerprint density at radius 1 is 1.11 bits per heavy atom. The molecule has 0 spiro atoms. The van der Waals surface area contributed by atoms with E-state index in [2.05, 4.69) is 4.72 Å². The number of ether oxygens (including phenoxy) is 1. The van der Waals surface area contributed by atoms with Crippen molar-refractivity contribution in [3.8, 4) is 5.75 Å². The van der Waals surface area contributed by atoms with Gasteiger partial charge in [-0.25, -0.2) is 8.42 Å². The second kappa shape index (κ2) is 9.10. The van der Waals surface area contributed by atoms with Crippen LogP contribution in [0.5, 0.6) is 5.75 Å². The lowest BCUT2D eigenvalue weighted by atomic mass is 10.1. The zero-order chi connectivity index (χ0) is 20.9. The molecule has 2 aromatic carbocycles. The van der Waals surface area contributed by atoms with Crippen LogP contribution in [0.3, 0.4) is 0 Å². The predicted octanol–water partition coefficient (Wildman–Crippen LogP) is 3.14. The van der Waals surface area contributed by atoms with Crippen LogP contribution in [-0.2, 0) is 21.2 Å². The van der Waals surface area contributed by atoms with Crippen molar-refractivity contribution in [1.82, 2.24) is 4.90 Å². The zero-order valence-electron chi connectivity index (χ0n) is 17.0. The van der Waals surface area contributed by atoms with Gasteiger partial charge in [0, 0.05) is 12.7 Å². The van der Waals surface area contributed by atoms with E-state index in [1.807, 2.05) is 39.0 Å². The lowest BCUT2D eigenvalue weighted by Crippen LogP contribution is -2.39. The van der Waals surface area contributed by atoms with Gasteiger partial charge in [-0.05, 0) is 49.6 Å². The van der Waals surface area contributed by atoms with Gasteiger partial charge in [0.05, 0.1) is 18.7 Å². The van der Waals surface area contributed by atoms with E-state index in [9.17, 15) is 13.2 Å². The Kier molecular flexibility index (Phi) is 7.07. The molecule has 0 aliphatic rings. The number of anilines is 1. The van der Waals surface area contributed by atoms with Gasteiger partial charge < -0.3 is 9.64 Å². The normalized spacial score (nSPS) is 12.3. The van der Waals surface area contributed by atoms with E-state index in [1.54, 1.807) is 36.2 Å². The number of nitrogens with zero attached hydrogens (tertiary/aromatic N) is 1. The van der Waals surface area contributed by atoms with Crippen molar-refractivity contribution in [3.63, 3.8) is 0 Å². The molecule has 6 nitrogen and oxygen atoms in total. The van der Waals surface area contributed by atoms with Gasteiger partial charge >= 0.3 is 0 Å². The van der Waals surface area contributed by atoms with Crippen molar-refractivity contribution in [2.75, 3.05) is 24.6 Å². The summed E-state index contributed by atoms with van der Waals surface area (Å²) in [7, 11) is -1.55. The van der Waals surface area contributed by atoms with Gasteiger partial charge in [0.25, 0.3) is 0 Å². The molecular weight excluding hydrogens is 376 g/mol. The quantitative estimate of drug-likeness (QED) is 0.733. The number of nitrogens with one attached hydrogen (secondary N) is 1. The van der Waals surface area contributed by atoms with E-state index >= 15 is 0 Å². The molecule has 0 aliphatic heterocycles. The standard InChI is InChI=1S/C21H28N2O4S/c1-15-7-6-8-16(2)21(15)27-14-17(3)23(4)20(24)13-18-9-11-19(12-10-18)22-28(5,25)26/h6-12,17,22H,13-14H2,1-5H3. The van der Waals surface area contributed by atoms with Crippen LogP contribution >= 0.6 is 0 Å². The molecule has 1 amide bonds. The molecule has 0 aromatic heterocycles. The smallest absolute Gasteiger partial charge is 0.229 e. The van der Waals surface area contributed by atoms with Crippen molar-refractivity contribution in [3.05, 3.63) is 59.2 Å². The average molecular weight is 405 g/mol. The van der Waals surface area contributed by atoms with Crippen LogP contribution in [0, 0.1) is 13.8 Å². The number of rotatable bonds is 8. The number of aryl methyl sites for hydroxylation is 2. The predicted molar refractivity (Wildman–Crippen MR) is 112 cm³/mol. The molecule has 152 valence electrons. The summed E-state index contributed by atoms with van der Waals surface area (Å²) >= 11 is 0. The summed E-state index contributed by atoms with van der Waals surface area (Å²) < 4.78 is 30.9.